The van der Waals surface area contributed by atoms with Crippen molar-refractivity contribution in [3.8, 4) is 0 Å². The molecule has 1 aromatic heterocycles. The summed E-state index contributed by atoms with van der Waals surface area (Å²) in [5, 5.41) is 13.2. The first-order chi connectivity index (χ1) is 7.98. The molecule has 2 aromatic rings. The Hall–Kier alpha value is -0.860. The molecular formula is C15H20OS. The van der Waals surface area contributed by atoms with Crippen molar-refractivity contribution in [3.63, 3.8) is 0 Å². The van der Waals surface area contributed by atoms with Crippen LogP contribution in [0.15, 0.2) is 29.6 Å². The summed E-state index contributed by atoms with van der Waals surface area (Å²) in [6.45, 7) is 6.33. The van der Waals surface area contributed by atoms with Gasteiger partial charge in [0.2, 0.25) is 0 Å². The Morgan fingerprint density at radius 3 is 2.71 bits per heavy atom. The highest BCUT2D eigenvalue weighted by Crippen LogP contribution is 2.33. The van der Waals surface area contributed by atoms with Gasteiger partial charge in [0.15, 0.2) is 0 Å². The van der Waals surface area contributed by atoms with Gasteiger partial charge in [-0.1, -0.05) is 32.0 Å². The minimum absolute atomic E-state index is 0.151. The lowest BCUT2D eigenvalue weighted by Crippen LogP contribution is -2.20. The first-order valence-electron chi connectivity index (χ1n) is 6.11. The highest BCUT2D eigenvalue weighted by atomic mass is 32.1. The van der Waals surface area contributed by atoms with Gasteiger partial charge < -0.3 is 5.11 Å². The van der Waals surface area contributed by atoms with E-state index in [-0.39, 0.29) is 11.5 Å². The summed E-state index contributed by atoms with van der Waals surface area (Å²) in [5.74, 6) is 0. The van der Waals surface area contributed by atoms with E-state index in [1.807, 2.05) is 18.3 Å². The van der Waals surface area contributed by atoms with Crippen molar-refractivity contribution in [3.05, 3.63) is 35.2 Å². The van der Waals surface area contributed by atoms with Crippen LogP contribution in [0, 0.1) is 5.41 Å². The smallest absolute Gasteiger partial charge is 0.0517 e. The monoisotopic (exact) mass is 248 g/mol. The average molecular weight is 248 g/mol. The van der Waals surface area contributed by atoms with Crippen LogP contribution in [0.25, 0.3) is 10.1 Å². The molecule has 0 amide bonds. The first-order valence-corrected chi connectivity index (χ1v) is 6.99. The van der Waals surface area contributed by atoms with Crippen LogP contribution in [0.5, 0.6) is 0 Å². The zero-order valence-corrected chi connectivity index (χ0v) is 11.6. The summed E-state index contributed by atoms with van der Waals surface area (Å²) in [5.41, 5.74) is 1.56. The number of rotatable bonds is 4. The molecule has 0 fully saturated rings. The number of aliphatic hydroxyl groups is 1. The number of aliphatic hydroxyl groups excluding tert-OH is 1. The van der Waals surface area contributed by atoms with Gasteiger partial charge in [-0.25, -0.2) is 0 Å². The summed E-state index contributed by atoms with van der Waals surface area (Å²) in [7, 11) is 0. The maximum absolute atomic E-state index is 9.53. The van der Waals surface area contributed by atoms with E-state index in [0.717, 1.165) is 12.8 Å². The number of fused-ring (bicyclic) bond motifs is 1. The quantitative estimate of drug-likeness (QED) is 0.858. The Kier molecular flexibility index (Phi) is 3.55. The van der Waals surface area contributed by atoms with Crippen molar-refractivity contribution < 1.29 is 5.11 Å². The van der Waals surface area contributed by atoms with Crippen molar-refractivity contribution in [2.45, 2.75) is 39.7 Å². The molecule has 0 bridgehead atoms. The van der Waals surface area contributed by atoms with Crippen molar-refractivity contribution in [2.75, 3.05) is 0 Å². The molecule has 0 saturated carbocycles. The number of thiophene rings is 1. The van der Waals surface area contributed by atoms with E-state index < -0.39 is 0 Å². The zero-order valence-electron chi connectivity index (χ0n) is 10.7. The van der Waals surface area contributed by atoms with Crippen LogP contribution in [0.3, 0.4) is 0 Å². The largest absolute Gasteiger partial charge is 0.393 e. The van der Waals surface area contributed by atoms with Crippen LogP contribution < -0.4 is 0 Å². The Bertz CT molecular complexity index is 496. The molecule has 92 valence electrons. The normalized spacial score (nSPS) is 14.1. The van der Waals surface area contributed by atoms with Crippen LogP contribution in [0.2, 0.25) is 0 Å². The van der Waals surface area contributed by atoms with Gasteiger partial charge in [-0.3, -0.25) is 0 Å². The lowest BCUT2D eigenvalue weighted by Gasteiger charge is -2.25. The number of hydrogen-bond acceptors (Lipinski definition) is 2. The maximum atomic E-state index is 9.53. The molecule has 1 nitrogen and oxygen atoms in total. The molecule has 1 heterocycles. The van der Waals surface area contributed by atoms with Gasteiger partial charge in [-0.05, 0) is 47.6 Å². The predicted octanol–water partition coefficient (Wildman–Crippen LogP) is 4.24. The summed E-state index contributed by atoms with van der Waals surface area (Å²) in [6.07, 6.45) is 1.65. The molecule has 2 rings (SSSR count). The van der Waals surface area contributed by atoms with Crippen LogP contribution in [0.1, 0.15) is 32.8 Å². The van der Waals surface area contributed by atoms with Crippen LogP contribution in [0.4, 0.5) is 0 Å². The third kappa shape index (κ3) is 3.08. The van der Waals surface area contributed by atoms with Crippen molar-refractivity contribution in [2.24, 2.45) is 5.41 Å². The van der Waals surface area contributed by atoms with Crippen molar-refractivity contribution >= 4 is 21.4 Å². The van der Waals surface area contributed by atoms with Crippen molar-refractivity contribution in [1.29, 1.82) is 0 Å². The predicted molar refractivity (Wildman–Crippen MR) is 75.6 cm³/mol. The molecule has 1 N–H and O–H groups in total. The second kappa shape index (κ2) is 4.79. The van der Waals surface area contributed by atoms with E-state index in [9.17, 15) is 5.11 Å². The topological polar surface area (TPSA) is 20.2 Å². The zero-order chi connectivity index (χ0) is 12.5. The molecule has 0 aliphatic heterocycles. The molecule has 1 aromatic carbocycles. The van der Waals surface area contributed by atoms with Gasteiger partial charge >= 0.3 is 0 Å². The van der Waals surface area contributed by atoms with Crippen LogP contribution in [-0.2, 0) is 6.42 Å². The maximum Gasteiger partial charge on any atom is 0.0517 e. The number of hydrogen-bond donors (Lipinski definition) is 1. The average Bonchev–Trinajstić information content (AvgIpc) is 2.59. The Balaban J connectivity index is 2.23. The summed E-state index contributed by atoms with van der Waals surface area (Å²) >= 11 is 1.81. The van der Waals surface area contributed by atoms with E-state index in [4.69, 9.17) is 0 Å². The lowest BCUT2D eigenvalue weighted by atomic mass is 9.81. The van der Waals surface area contributed by atoms with E-state index in [2.05, 4.69) is 43.5 Å². The number of benzene rings is 1. The molecule has 17 heavy (non-hydrogen) atoms. The minimum Gasteiger partial charge on any atom is -0.393 e. The second-order valence-electron chi connectivity index (χ2n) is 5.65. The van der Waals surface area contributed by atoms with E-state index in [1.165, 1.54) is 15.6 Å². The molecule has 1 atom stereocenters. The highest BCUT2D eigenvalue weighted by Gasteiger charge is 2.22. The standard InChI is InChI=1S/C15H20OS/c1-11(16)8-15(2,3)9-12-10-17-14-7-5-4-6-13(12)14/h4-7,10-11,16H,8-9H2,1-3H3. The van der Waals surface area contributed by atoms with E-state index in [0.29, 0.717) is 0 Å². The van der Waals surface area contributed by atoms with Gasteiger partial charge in [0.25, 0.3) is 0 Å². The Morgan fingerprint density at radius 1 is 1.29 bits per heavy atom. The van der Waals surface area contributed by atoms with Gasteiger partial charge in [0, 0.05) is 4.70 Å². The van der Waals surface area contributed by atoms with E-state index in [1.54, 1.807) is 0 Å². The van der Waals surface area contributed by atoms with Gasteiger partial charge in [0.05, 0.1) is 6.10 Å². The fourth-order valence-corrected chi connectivity index (χ4v) is 3.52. The molecule has 1 unspecified atom stereocenters. The molecule has 2 heteroatoms. The Labute approximate surface area is 107 Å². The summed E-state index contributed by atoms with van der Waals surface area (Å²) < 4.78 is 1.36. The van der Waals surface area contributed by atoms with Gasteiger partial charge in [-0.2, -0.15) is 0 Å². The fraction of sp³-hybridized carbons (Fsp3) is 0.467. The minimum atomic E-state index is -0.227. The fourth-order valence-electron chi connectivity index (χ4n) is 2.56. The molecule has 0 aliphatic rings. The Morgan fingerprint density at radius 2 is 2.00 bits per heavy atom. The molecule has 0 saturated heterocycles. The third-order valence-electron chi connectivity index (χ3n) is 3.08. The van der Waals surface area contributed by atoms with Gasteiger partial charge in [-0.15, -0.1) is 11.3 Å². The molecular weight excluding hydrogens is 228 g/mol. The van der Waals surface area contributed by atoms with E-state index >= 15 is 0 Å². The van der Waals surface area contributed by atoms with Crippen molar-refractivity contribution in [1.82, 2.24) is 0 Å². The third-order valence-corrected chi connectivity index (χ3v) is 4.09. The molecule has 0 radical (unpaired) electrons. The first kappa shape index (κ1) is 12.6. The van der Waals surface area contributed by atoms with Crippen LogP contribution >= 0.6 is 11.3 Å². The second-order valence-corrected chi connectivity index (χ2v) is 6.56. The van der Waals surface area contributed by atoms with Crippen LogP contribution in [-0.4, -0.2) is 11.2 Å². The highest BCUT2D eigenvalue weighted by molar-refractivity contribution is 7.17. The SMILES string of the molecule is CC(O)CC(C)(C)Cc1csc2ccccc12. The molecule has 0 spiro atoms. The van der Waals surface area contributed by atoms with Gasteiger partial charge in [0.1, 0.15) is 0 Å². The summed E-state index contributed by atoms with van der Waals surface area (Å²) in [4.78, 5) is 0. The summed E-state index contributed by atoms with van der Waals surface area (Å²) in [6, 6.07) is 8.55. The molecule has 0 aliphatic carbocycles. The lowest BCUT2D eigenvalue weighted by molar-refractivity contribution is 0.129.